The van der Waals surface area contributed by atoms with Gasteiger partial charge in [0.1, 0.15) is 0 Å². The van der Waals surface area contributed by atoms with Crippen molar-refractivity contribution >= 4 is 13.3 Å². The molecule has 2 rings (SSSR count). The average molecular weight is 234 g/mol. The quantitative estimate of drug-likeness (QED) is 0.731. The van der Waals surface area contributed by atoms with E-state index in [1.807, 2.05) is 0 Å². The third-order valence-electron chi connectivity index (χ3n) is 3.85. The summed E-state index contributed by atoms with van der Waals surface area (Å²) in [4.78, 5) is 0. The fourth-order valence-electron chi connectivity index (χ4n) is 2.63. The van der Waals surface area contributed by atoms with Gasteiger partial charge in [-0.05, 0) is 17.9 Å². The Morgan fingerprint density at radius 3 is 2.44 bits per heavy atom. The van der Waals surface area contributed by atoms with Crippen LogP contribution in [0.25, 0.3) is 0 Å². The van der Waals surface area contributed by atoms with Crippen LogP contribution < -0.4 is 5.19 Å². The predicted octanol–water partition coefficient (Wildman–Crippen LogP) is 2.88. The van der Waals surface area contributed by atoms with Gasteiger partial charge in [0.25, 0.3) is 0 Å². The van der Waals surface area contributed by atoms with Gasteiger partial charge in [0.15, 0.2) is 0 Å². The van der Waals surface area contributed by atoms with Gasteiger partial charge >= 0.3 is 0 Å². The Morgan fingerprint density at radius 2 is 1.88 bits per heavy atom. The van der Waals surface area contributed by atoms with E-state index in [2.05, 4.69) is 50.3 Å². The van der Waals surface area contributed by atoms with Gasteiger partial charge in [-0.15, -0.1) is 0 Å². The minimum Gasteiger partial charge on any atom is -0.381 e. The van der Waals surface area contributed by atoms with Crippen molar-refractivity contribution in [1.82, 2.24) is 0 Å². The molecule has 1 aromatic rings. The van der Waals surface area contributed by atoms with E-state index in [1.165, 1.54) is 6.04 Å². The van der Waals surface area contributed by atoms with Crippen LogP contribution in [-0.4, -0.2) is 21.3 Å². The zero-order chi connectivity index (χ0) is 11.6. The highest BCUT2D eigenvalue weighted by Crippen LogP contribution is 2.28. The van der Waals surface area contributed by atoms with E-state index >= 15 is 0 Å². The predicted molar refractivity (Wildman–Crippen MR) is 71.8 cm³/mol. The second-order valence-electron chi connectivity index (χ2n) is 5.73. The van der Waals surface area contributed by atoms with Crippen LogP contribution in [0.3, 0.4) is 0 Å². The first kappa shape index (κ1) is 11.9. The molecule has 1 fully saturated rings. The summed E-state index contributed by atoms with van der Waals surface area (Å²) in [6, 6.07) is 12.4. The molecule has 0 bridgehead atoms. The van der Waals surface area contributed by atoms with Gasteiger partial charge in [-0.1, -0.05) is 55.5 Å². The first-order valence-electron chi connectivity index (χ1n) is 6.23. The van der Waals surface area contributed by atoms with E-state index in [-0.39, 0.29) is 0 Å². The lowest BCUT2D eigenvalue weighted by Crippen LogP contribution is -2.43. The van der Waals surface area contributed by atoms with E-state index in [9.17, 15) is 0 Å². The van der Waals surface area contributed by atoms with Gasteiger partial charge in [0.2, 0.25) is 0 Å². The molecule has 0 spiro atoms. The second-order valence-corrected chi connectivity index (χ2v) is 10.5. The summed E-state index contributed by atoms with van der Waals surface area (Å²) < 4.78 is 5.57. The first-order chi connectivity index (χ1) is 7.59. The number of ether oxygens (including phenoxy) is 1. The van der Waals surface area contributed by atoms with Crippen LogP contribution in [0, 0.1) is 11.8 Å². The van der Waals surface area contributed by atoms with Gasteiger partial charge in [-0.2, -0.15) is 0 Å². The molecule has 16 heavy (non-hydrogen) atoms. The number of hydrogen-bond donors (Lipinski definition) is 0. The summed E-state index contributed by atoms with van der Waals surface area (Å²) in [6.45, 7) is 9.22. The van der Waals surface area contributed by atoms with Gasteiger partial charge in [0, 0.05) is 13.2 Å². The highest BCUT2D eigenvalue weighted by molar-refractivity contribution is 6.89. The molecule has 0 saturated carbocycles. The zero-order valence-corrected chi connectivity index (χ0v) is 11.6. The summed E-state index contributed by atoms with van der Waals surface area (Å²) in [6.07, 6.45) is 0. The molecule has 1 heterocycles. The van der Waals surface area contributed by atoms with Crippen LogP contribution in [0.4, 0.5) is 0 Å². The maximum absolute atomic E-state index is 5.57. The van der Waals surface area contributed by atoms with Gasteiger partial charge in [0.05, 0.1) is 8.07 Å². The Hall–Kier alpha value is -0.603. The van der Waals surface area contributed by atoms with Crippen LogP contribution in [-0.2, 0) is 4.74 Å². The monoisotopic (exact) mass is 234 g/mol. The lowest BCUT2D eigenvalue weighted by Gasteiger charge is -2.27. The molecule has 0 amide bonds. The maximum atomic E-state index is 5.57. The Kier molecular flexibility index (Phi) is 3.50. The molecule has 1 nitrogen and oxygen atoms in total. The third kappa shape index (κ3) is 2.55. The van der Waals surface area contributed by atoms with E-state index in [1.54, 1.807) is 5.19 Å². The topological polar surface area (TPSA) is 9.23 Å². The molecule has 0 N–H and O–H groups in total. The molecule has 0 aliphatic carbocycles. The van der Waals surface area contributed by atoms with E-state index in [0.717, 1.165) is 25.0 Å². The molecule has 88 valence electrons. The van der Waals surface area contributed by atoms with Crippen molar-refractivity contribution in [1.29, 1.82) is 0 Å². The largest absolute Gasteiger partial charge is 0.381 e. The number of rotatable bonds is 3. The highest BCUT2D eigenvalue weighted by Gasteiger charge is 2.32. The van der Waals surface area contributed by atoms with Crippen LogP contribution >= 0.6 is 0 Å². The second kappa shape index (κ2) is 4.72. The van der Waals surface area contributed by atoms with Crippen molar-refractivity contribution in [2.45, 2.75) is 26.1 Å². The molecular weight excluding hydrogens is 212 g/mol. The summed E-state index contributed by atoms with van der Waals surface area (Å²) >= 11 is 0. The molecule has 0 unspecified atom stereocenters. The molecule has 1 saturated heterocycles. The standard InChI is InChI=1S/C14H22OSi/c1-12-9-15-10-13(12)11-16(2,3)14-7-5-4-6-8-14/h4-8,12-13H,9-11H2,1-3H3/t12-,13-/m1/s1. The van der Waals surface area contributed by atoms with E-state index < -0.39 is 8.07 Å². The SMILES string of the molecule is C[C@@H]1COC[C@@H]1C[Si](C)(C)c1ccccc1. The lowest BCUT2D eigenvalue weighted by atomic mass is 10.0. The molecule has 1 aliphatic rings. The minimum absolute atomic E-state index is 0.746. The van der Waals surface area contributed by atoms with E-state index in [0.29, 0.717) is 0 Å². The van der Waals surface area contributed by atoms with Crippen LogP contribution in [0.1, 0.15) is 6.92 Å². The summed E-state index contributed by atoms with van der Waals surface area (Å²) in [5, 5.41) is 1.58. The van der Waals surface area contributed by atoms with Crippen molar-refractivity contribution in [2.75, 3.05) is 13.2 Å². The summed E-state index contributed by atoms with van der Waals surface area (Å²) in [7, 11) is -1.27. The van der Waals surface area contributed by atoms with Crippen molar-refractivity contribution in [2.24, 2.45) is 11.8 Å². The molecule has 1 aliphatic heterocycles. The fourth-order valence-corrected chi connectivity index (χ4v) is 5.79. The van der Waals surface area contributed by atoms with Gasteiger partial charge < -0.3 is 4.74 Å². The zero-order valence-electron chi connectivity index (χ0n) is 10.6. The van der Waals surface area contributed by atoms with Crippen molar-refractivity contribution in [3.63, 3.8) is 0 Å². The molecule has 0 radical (unpaired) electrons. The van der Waals surface area contributed by atoms with Crippen LogP contribution in [0.2, 0.25) is 19.1 Å². The molecule has 1 aromatic carbocycles. The number of hydrogen-bond acceptors (Lipinski definition) is 1. The summed E-state index contributed by atoms with van der Waals surface area (Å²) in [5.74, 6) is 1.53. The Balaban J connectivity index is 2.08. The smallest absolute Gasteiger partial charge is 0.0810 e. The number of benzene rings is 1. The fraction of sp³-hybridized carbons (Fsp3) is 0.571. The van der Waals surface area contributed by atoms with Crippen LogP contribution in [0.15, 0.2) is 30.3 Å². The van der Waals surface area contributed by atoms with Crippen molar-refractivity contribution in [3.8, 4) is 0 Å². The summed E-state index contributed by atoms with van der Waals surface area (Å²) in [5.41, 5.74) is 0. The lowest BCUT2D eigenvalue weighted by molar-refractivity contribution is 0.183. The van der Waals surface area contributed by atoms with Gasteiger partial charge in [-0.25, -0.2) is 0 Å². The Morgan fingerprint density at radius 1 is 1.19 bits per heavy atom. The highest BCUT2D eigenvalue weighted by atomic mass is 28.3. The molecule has 0 aromatic heterocycles. The Labute approximate surface area is 99.8 Å². The third-order valence-corrected chi connectivity index (χ3v) is 7.29. The maximum Gasteiger partial charge on any atom is 0.0810 e. The van der Waals surface area contributed by atoms with Crippen molar-refractivity contribution in [3.05, 3.63) is 30.3 Å². The average Bonchev–Trinajstić information content (AvgIpc) is 2.65. The van der Waals surface area contributed by atoms with E-state index in [4.69, 9.17) is 4.74 Å². The first-order valence-corrected chi connectivity index (χ1v) is 9.43. The van der Waals surface area contributed by atoms with Crippen LogP contribution in [0.5, 0.6) is 0 Å². The van der Waals surface area contributed by atoms with Crippen molar-refractivity contribution < 1.29 is 4.74 Å². The molecular formula is C14H22OSi. The minimum atomic E-state index is -1.27. The normalized spacial score (nSPS) is 25.9. The van der Waals surface area contributed by atoms with Gasteiger partial charge in [-0.3, -0.25) is 0 Å². The molecule has 2 heteroatoms. The Bertz CT molecular complexity index is 334. The molecule has 2 atom stereocenters.